The second kappa shape index (κ2) is 7.64. The van der Waals surface area contributed by atoms with Gasteiger partial charge in [0.15, 0.2) is 5.16 Å². The molecule has 0 saturated heterocycles. The van der Waals surface area contributed by atoms with Crippen LogP contribution in [0.3, 0.4) is 0 Å². The van der Waals surface area contributed by atoms with Crippen molar-refractivity contribution in [1.29, 1.82) is 0 Å². The summed E-state index contributed by atoms with van der Waals surface area (Å²) in [6, 6.07) is 8.18. The summed E-state index contributed by atoms with van der Waals surface area (Å²) in [5, 5.41) is 11.9. The number of aryl methyl sites for hydroxylation is 2. The third-order valence-electron chi connectivity index (χ3n) is 3.39. The molecule has 1 unspecified atom stereocenters. The number of hydrogen-bond acceptors (Lipinski definition) is 4. The van der Waals surface area contributed by atoms with Gasteiger partial charge in [-0.25, -0.2) is 0 Å². The number of benzene rings is 1. The van der Waals surface area contributed by atoms with Crippen molar-refractivity contribution >= 4 is 17.7 Å². The highest BCUT2D eigenvalue weighted by atomic mass is 32.2. The van der Waals surface area contributed by atoms with Gasteiger partial charge >= 0.3 is 0 Å². The zero-order valence-electron chi connectivity index (χ0n) is 14.3. The number of carbonyl (C=O) groups excluding carboxylic acids is 1. The van der Waals surface area contributed by atoms with Crippen molar-refractivity contribution in [2.75, 3.05) is 6.54 Å². The lowest BCUT2D eigenvalue weighted by molar-refractivity contribution is -0.120. The van der Waals surface area contributed by atoms with E-state index in [0.29, 0.717) is 12.5 Å². The number of nitrogens with zero attached hydrogens (tertiary/aromatic N) is 3. The molecular formula is C17H24N4OS. The average molecular weight is 332 g/mol. The minimum absolute atomic E-state index is 0.0279. The molecule has 2 rings (SSSR count). The van der Waals surface area contributed by atoms with Gasteiger partial charge < -0.3 is 5.32 Å². The van der Waals surface area contributed by atoms with Crippen LogP contribution in [0.25, 0.3) is 5.69 Å². The van der Waals surface area contributed by atoms with Crippen LogP contribution in [0, 0.1) is 19.8 Å². The molecule has 6 heteroatoms. The summed E-state index contributed by atoms with van der Waals surface area (Å²) in [4.78, 5) is 12.2. The zero-order valence-corrected chi connectivity index (χ0v) is 15.1. The van der Waals surface area contributed by atoms with Crippen molar-refractivity contribution in [3.63, 3.8) is 0 Å². The van der Waals surface area contributed by atoms with Gasteiger partial charge in [-0.1, -0.05) is 37.7 Å². The fourth-order valence-corrected chi connectivity index (χ4v) is 3.08. The molecule has 1 aromatic carbocycles. The SMILES string of the molecule is Cc1cccc(-n2c(C)nnc2SC(C)C(=O)NCC(C)C)c1. The first-order valence-electron chi connectivity index (χ1n) is 7.82. The predicted molar refractivity (Wildman–Crippen MR) is 94.0 cm³/mol. The summed E-state index contributed by atoms with van der Waals surface area (Å²) in [5.74, 6) is 1.28. The smallest absolute Gasteiger partial charge is 0.233 e. The molecule has 1 heterocycles. The van der Waals surface area contributed by atoms with Crippen molar-refractivity contribution in [1.82, 2.24) is 20.1 Å². The van der Waals surface area contributed by atoms with Gasteiger partial charge in [0.05, 0.1) is 5.25 Å². The molecule has 0 fully saturated rings. The summed E-state index contributed by atoms with van der Waals surface area (Å²) in [5.41, 5.74) is 2.19. The molecule has 0 spiro atoms. The summed E-state index contributed by atoms with van der Waals surface area (Å²) >= 11 is 1.43. The Balaban J connectivity index is 2.17. The normalized spacial score (nSPS) is 12.4. The topological polar surface area (TPSA) is 59.8 Å². The Morgan fingerprint density at radius 2 is 2.00 bits per heavy atom. The van der Waals surface area contributed by atoms with E-state index in [1.54, 1.807) is 0 Å². The minimum Gasteiger partial charge on any atom is -0.355 e. The molecule has 0 aliphatic heterocycles. The van der Waals surface area contributed by atoms with Crippen LogP contribution in [0.4, 0.5) is 0 Å². The number of aromatic nitrogens is 3. The van der Waals surface area contributed by atoms with Gasteiger partial charge in [-0.15, -0.1) is 10.2 Å². The molecule has 0 saturated carbocycles. The van der Waals surface area contributed by atoms with Crippen molar-refractivity contribution in [2.24, 2.45) is 5.92 Å². The predicted octanol–water partition coefficient (Wildman–Crippen LogP) is 3.14. The minimum atomic E-state index is -0.221. The fourth-order valence-electron chi connectivity index (χ4n) is 2.14. The monoisotopic (exact) mass is 332 g/mol. The number of nitrogens with one attached hydrogen (secondary N) is 1. The Bertz CT molecular complexity index is 681. The third-order valence-corrected chi connectivity index (χ3v) is 4.43. The summed E-state index contributed by atoms with van der Waals surface area (Å²) in [6.07, 6.45) is 0. The van der Waals surface area contributed by atoms with Gasteiger partial charge in [0.25, 0.3) is 0 Å². The molecule has 0 aliphatic carbocycles. The molecule has 0 aliphatic rings. The van der Waals surface area contributed by atoms with Gasteiger partial charge in [0, 0.05) is 12.2 Å². The highest BCUT2D eigenvalue weighted by molar-refractivity contribution is 8.00. The Labute approximate surface area is 141 Å². The summed E-state index contributed by atoms with van der Waals surface area (Å²) < 4.78 is 1.99. The van der Waals surface area contributed by atoms with Gasteiger partial charge in [0.2, 0.25) is 5.91 Å². The maximum atomic E-state index is 12.2. The fraction of sp³-hybridized carbons (Fsp3) is 0.471. The Kier molecular flexibility index (Phi) is 5.82. The van der Waals surface area contributed by atoms with Crippen LogP contribution in [-0.2, 0) is 4.79 Å². The largest absolute Gasteiger partial charge is 0.355 e. The molecule has 0 bridgehead atoms. The molecule has 1 atom stereocenters. The molecule has 124 valence electrons. The third kappa shape index (κ3) is 4.58. The van der Waals surface area contributed by atoms with Gasteiger partial charge in [-0.3, -0.25) is 9.36 Å². The maximum Gasteiger partial charge on any atom is 0.233 e. The molecule has 1 amide bonds. The van der Waals surface area contributed by atoms with Crippen LogP contribution in [0.1, 0.15) is 32.2 Å². The van der Waals surface area contributed by atoms with E-state index in [0.717, 1.165) is 16.7 Å². The Hall–Kier alpha value is -1.82. The molecule has 2 aromatic rings. The standard InChI is InChI=1S/C17H24N4OS/c1-11(2)10-18-16(22)13(4)23-17-20-19-14(5)21(17)15-8-6-7-12(3)9-15/h6-9,11,13H,10H2,1-5H3,(H,18,22). The first kappa shape index (κ1) is 17.5. The van der Waals surface area contributed by atoms with E-state index in [1.165, 1.54) is 17.3 Å². The van der Waals surface area contributed by atoms with Crippen molar-refractivity contribution in [3.05, 3.63) is 35.7 Å². The van der Waals surface area contributed by atoms with Crippen LogP contribution in [0.5, 0.6) is 0 Å². The second-order valence-electron chi connectivity index (χ2n) is 6.10. The first-order valence-corrected chi connectivity index (χ1v) is 8.70. The number of rotatable bonds is 6. The van der Waals surface area contributed by atoms with Crippen molar-refractivity contribution < 1.29 is 4.79 Å². The van der Waals surface area contributed by atoms with Gasteiger partial charge in [-0.05, 0) is 44.4 Å². The lowest BCUT2D eigenvalue weighted by Gasteiger charge is -2.14. The number of thioether (sulfide) groups is 1. The van der Waals surface area contributed by atoms with Gasteiger partial charge in [0.1, 0.15) is 5.82 Å². The molecule has 1 aromatic heterocycles. The number of hydrogen-bond donors (Lipinski definition) is 1. The average Bonchev–Trinajstić information content (AvgIpc) is 2.85. The molecular weight excluding hydrogens is 308 g/mol. The van der Waals surface area contributed by atoms with Crippen LogP contribution in [0.15, 0.2) is 29.4 Å². The number of amides is 1. The molecule has 23 heavy (non-hydrogen) atoms. The van der Waals surface area contributed by atoms with E-state index in [1.807, 2.05) is 30.5 Å². The second-order valence-corrected chi connectivity index (χ2v) is 7.41. The van der Waals surface area contributed by atoms with E-state index in [4.69, 9.17) is 0 Å². The first-order chi connectivity index (χ1) is 10.9. The quantitative estimate of drug-likeness (QED) is 0.826. The van der Waals surface area contributed by atoms with Gasteiger partial charge in [-0.2, -0.15) is 0 Å². The molecule has 0 radical (unpaired) electrons. The number of carbonyl (C=O) groups is 1. The van der Waals surface area contributed by atoms with E-state index in [-0.39, 0.29) is 11.2 Å². The molecule has 1 N–H and O–H groups in total. The Morgan fingerprint density at radius 1 is 1.26 bits per heavy atom. The van der Waals surface area contributed by atoms with Crippen LogP contribution >= 0.6 is 11.8 Å². The highest BCUT2D eigenvalue weighted by Gasteiger charge is 2.19. The maximum absolute atomic E-state index is 12.2. The van der Waals surface area contributed by atoms with Crippen molar-refractivity contribution in [2.45, 2.75) is 45.0 Å². The highest BCUT2D eigenvalue weighted by Crippen LogP contribution is 2.25. The van der Waals surface area contributed by atoms with Crippen LogP contribution in [0.2, 0.25) is 0 Å². The summed E-state index contributed by atoms with van der Waals surface area (Å²) in [6.45, 7) is 10.7. The van der Waals surface area contributed by atoms with Crippen LogP contribution in [-0.4, -0.2) is 32.5 Å². The van der Waals surface area contributed by atoms with Crippen LogP contribution < -0.4 is 5.32 Å². The Morgan fingerprint density at radius 3 is 2.65 bits per heavy atom. The summed E-state index contributed by atoms with van der Waals surface area (Å²) in [7, 11) is 0. The van der Waals surface area contributed by atoms with E-state index in [2.05, 4.69) is 48.4 Å². The van der Waals surface area contributed by atoms with E-state index >= 15 is 0 Å². The molecule has 5 nitrogen and oxygen atoms in total. The lowest BCUT2D eigenvalue weighted by Crippen LogP contribution is -2.33. The van der Waals surface area contributed by atoms with E-state index < -0.39 is 0 Å². The lowest BCUT2D eigenvalue weighted by atomic mass is 10.2. The van der Waals surface area contributed by atoms with Crippen molar-refractivity contribution in [3.8, 4) is 5.69 Å². The zero-order chi connectivity index (χ0) is 17.0. The van der Waals surface area contributed by atoms with E-state index in [9.17, 15) is 4.79 Å².